The lowest BCUT2D eigenvalue weighted by molar-refractivity contribution is -0.116. The first kappa shape index (κ1) is 11.2. The minimum atomic E-state index is -0.118. The zero-order chi connectivity index (χ0) is 11.4. The normalized spacial score (nSPS) is 16.5. The molecule has 4 heteroatoms. The molecule has 80 valence electrons. The first-order valence-corrected chi connectivity index (χ1v) is 4.63. The minimum absolute atomic E-state index is 0.118. The molecule has 0 saturated heterocycles. The van der Waals surface area contributed by atoms with Gasteiger partial charge in [0.2, 0.25) is 0 Å². The van der Waals surface area contributed by atoms with Crippen molar-refractivity contribution >= 4 is 11.7 Å². The Morgan fingerprint density at radius 1 is 1.53 bits per heavy atom. The van der Waals surface area contributed by atoms with E-state index < -0.39 is 0 Å². The molecule has 0 fully saturated rings. The lowest BCUT2D eigenvalue weighted by Gasteiger charge is -2.23. The number of amidine groups is 1. The summed E-state index contributed by atoms with van der Waals surface area (Å²) < 4.78 is 0. The number of rotatable bonds is 1. The number of nitrogens with zero attached hydrogens (tertiary/aromatic N) is 2. The molecule has 0 aromatic carbocycles. The van der Waals surface area contributed by atoms with E-state index in [0.29, 0.717) is 5.57 Å². The van der Waals surface area contributed by atoms with Crippen molar-refractivity contribution in [3.63, 3.8) is 0 Å². The molecule has 1 aliphatic rings. The smallest absolute Gasteiger partial charge is 0.252 e. The van der Waals surface area contributed by atoms with Gasteiger partial charge in [-0.1, -0.05) is 6.58 Å². The van der Waals surface area contributed by atoms with E-state index in [9.17, 15) is 4.79 Å². The maximum atomic E-state index is 11.4. The van der Waals surface area contributed by atoms with E-state index in [1.807, 2.05) is 6.92 Å². The van der Waals surface area contributed by atoms with Gasteiger partial charge in [0, 0.05) is 26.0 Å². The van der Waals surface area contributed by atoms with Crippen molar-refractivity contribution in [3.8, 4) is 0 Å². The van der Waals surface area contributed by atoms with Gasteiger partial charge in [-0.15, -0.1) is 0 Å². The fourth-order valence-corrected chi connectivity index (χ4v) is 1.22. The van der Waals surface area contributed by atoms with E-state index in [1.165, 1.54) is 0 Å². The number of amides is 1. The van der Waals surface area contributed by atoms with Crippen LogP contribution in [0.3, 0.4) is 0 Å². The monoisotopic (exact) mass is 205 g/mol. The van der Waals surface area contributed by atoms with Gasteiger partial charge in [-0.25, -0.2) is 0 Å². The fourth-order valence-electron chi connectivity index (χ4n) is 1.22. The molecule has 0 spiro atoms. The summed E-state index contributed by atoms with van der Waals surface area (Å²) in [5.74, 6) is 0.679. The number of allylic oxidation sites excluding steroid dienone is 1. The second kappa shape index (κ2) is 4.59. The summed E-state index contributed by atoms with van der Waals surface area (Å²) in [6.07, 6.45) is 5.25. The summed E-state index contributed by atoms with van der Waals surface area (Å²) in [6.45, 7) is 5.73. The number of hydrogen-bond acceptors (Lipinski definition) is 2. The zero-order valence-corrected chi connectivity index (χ0v) is 9.24. The van der Waals surface area contributed by atoms with E-state index in [1.54, 1.807) is 37.3 Å². The van der Waals surface area contributed by atoms with Gasteiger partial charge < -0.3 is 10.2 Å². The molecule has 0 aliphatic carbocycles. The number of carbonyl (C=O) groups excluding carboxylic acids is 1. The number of aliphatic imine (C=N–C) groups is 1. The van der Waals surface area contributed by atoms with Gasteiger partial charge in [0.05, 0.1) is 5.57 Å². The van der Waals surface area contributed by atoms with Crippen LogP contribution >= 0.6 is 0 Å². The Morgan fingerprint density at radius 3 is 2.73 bits per heavy atom. The summed E-state index contributed by atoms with van der Waals surface area (Å²) in [4.78, 5) is 17.2. The average Bonchev–Trinajstić information content (AvgIpc) is 2.27. The molecular weight excluding hydrogens is 190 g/mol. The molecule has 0 aromatic rings. The maximum absolute atomic E-state index is 11.4. The zero-order valence-electron chi connectivity index (χ0n) is 9.24. The van der Waals surface area contributed by atoms with E-state index >= 15 is 0 Å². The third kappa shape index (κ3) is 2.34. The second-order valence-corrected chi connectivity index (χ2v) is 3.13. The molecule has 0 bridgehead atoms. The molecule has 0 atom stereocenters. The molecule has 15 heavy (non-hydrogen) atoms. The van der Waals surface area contributed by atoms with Crippen molar-refractivity contribution < 1.29 is 4.79 Å². The van der Waals surface area contributed by atoms with Crippen LogP contribution in [0, 0.1) is 0 Å². The van der Waals surface area contributed by atoms with Crippen LogP contribution in [0.4, 0.5) is 0 Å². The molecule has 1 heterocycles. The van der Waals surface area contributed by atoms with Crippen LogP contribution in [0.1, 0.15) is 6.92 Å². The summed E-state index contributed by atoms with van der Waals surface area (Å²) in [5, 5.41) is 2.57. The van der Waals surface area contributed by atoms with E-state index in [0.717, 1.165) is 11.5 Å². The van der Waals surface area contributed by atoms with Gasteiger partial charge in [-0.2, -0.15) is 0 Å². The van der Waals surface area contributed by atoms with Crippen molar-refractivity contribution in [3.05, 3.63) is 36.2 Å². The molecule has 0 unspecified atom stereocenters. The van der Waals surface area contributed by atoms with Crippen LogP contribution in [0.5, 0.6) is 0 Å². The highest BCUT2D eigenvalue weighted by Gasteiger charge is 2.14. The van der Waals surface area contributed by atoms with Crippen molar-refractivity contribution in [1.29, 1.82) is 0 Å². The Labute approximate surface area is 89.7 Å². The van der Waals surface area contributed by atoms with Crippen LogP contribution in [0.25, 0.3) is 0 Å². The molecule has 1 amide bonds. The molecule has 0 aromatic heterocycles. The van der Waals surface area contributed by atoms with Crippen LogP contribution in [0.2, 0.25) is 0 Å². The van der Waals surface area contributed by atoms with Gasteiger partial charge >= 0.3 is 0 Å². The predicted molar refractivity (Wildman–Crippen MR) is 61.3 cm³/mol. The van der Waals surface area contributed by atoms with E-state index in [2.05, 4.69) is 16.9 Å². The largest absolute Gasteiger partial charge is 0.355 e. The SMILES string of the molecule is C=C1C=CC(C(=O)NC)=CN1C(C)=NC. The standard InChI is InChI=1S/C11H15N3O/c1-8-5-6-10(11(15)13-4)7-14(8)9(2)12-3/h5-7H,1H2,2-4H3,(H,13,15). The Bertz CT molecular complexity index is 375. The second-order valence-electron chi connectivity index (χ2n) is 3.13. The van der Waals surface area contributed by atoms with Gasteiger partial charge in [0.25, 0.3) is 5.91 Å². The third-order valence-corrected chi connectivity index (χ3v) is 2.19. The van der Waals surface area contributed by atoms with Gasteiger partial charge in [-0.3, -0.25) is 9.79 Å². The molecular formula is C11H15N3O. The first-order chi connectivity index (χ1) is 7.10. The highest BCUT2D eigenvalue weighted by atomic mass is 16.1. The van der Waals surface area contributed by atoms with Crippen molar-refractivity contribution in [2.24, 2.45) is 4.99 Å². The van der Waals surface area contributed by atoms with Gasteiger partial charge in [-0.05, 0) is 19.1 Å². The molecule has 1 aliphatic heterocycles. The molecule has 4 nitrogen and oxygen atoms in total. The van der Waals surface area contributed by atoms with Gasteiger partial charge in [0.15, 0.2) is 0 Å². The van der Waals surface area contributed by atoms with E-state index in [4.69, 9.17) is 0 Å². The predicted octanol–water partition coefficient (Wildman–Crippen LogP) is 1.05. The Morgan fingerprint density at radius 2 is 2.20 bits per heavy atom. The number of hydrogen-bond donors (Lipinski definition) is 1. The van der Waals surface area contributed by atoms with Crippen molar-refractivity contribution in [2.45, 2.75) is 6.92 Å². The van der Waals surface area contributed by atoms with Gasteiger partial charge in [0.1, 0.15) is 5.84 Å². The summed E-state index contributed by atoms with van der Waals surface area (Å²) >= 11 is 0. The molecule has 1 rings (SSSR count). The average molecular weight is 205 g/mol. The van der Waals surface area contributed by atoms with Crippen molar-refractivity contribution in [2.75, 3.05) is 14.1 Å². The first-order valence-electron chi connectivity index (χ1n) is 4.63. The summed E-state index contributed by atoms with van der Waals surface area (Å²) in [6, 6.07) is 0. The van der Waals surface area contributed by atoms with Crippen LogP contribution < -0.4 is 5.32 Å². The lowest BCUT2D eigenvalue weighted by atomic mass is 10.1. The number of likely N-dealkylation sites (N-methyl/N-ethyl adjacent to an activating group) is 1. The van der Waals surface area contributed by atoms with E-state index in [-0.39, 0.29) is 5.91 Å². The lowest BCUT2D eigenvalue weighted by Crippen LogP contribution is -2.27. The number of nitrogens with one attached hydrogen (secondary N) is 1. The Hall–Kier alpha value is -1.84. The Kier molecular flexibility index (Phi) is 3.44. The van der Waals surface area contributed by atoms with Crippen LogP contribution in [0.15, 0.2) is 41.2 Å². The third-order valence-electron chi connectivity index (χ3n) is 2.19. The highest BCUT2D eigenvalue weighted by Crippen LogP contribution is 2.16. The molecule has 0 saturated carbocycles. The Balaban J connectivity index is 3.00. The van der Waals surface area contributed by atoms with Crippen LogP contribution in [-0.2, 0) is 4.79 Å². The quantitative estimate of drug-likeness (QED) is 0.513. The van der Waals surface area contributed by atoms with Crippen LogP contribution in [-0.4, -0.2) is 30.7 Å². The fraction of sp³-hybridized carbons (Fsp3) is 0.273. The topological polar surface area (TPSA) is 44.7 Å². The highest BCUT2D eigenvalue weighted by molar-refractivity contribution is 5.97. The minimum Gasteiger partial charge on any atom is -0.355 e. The molecule has 0 radical (unpaired) electrons. The molecule has 1 N–H and O–H groups in total. The maximum Gasteiger partial charge on any atom is 0.252 e. The number of carbonyl (C=O) groups is 1. The summed E-state index contributed by atoms with van der Waals surface area (Å²) in [7, 11) is 3.31. The van der Waals surface area contributed by atoms with Crippen molar-refractivity contribution in [1.82, 2.24) is 10.2 Å². The summed E-state index contributed by atoms with van der Waals surface area (Å²) in [5.41, 5.74) is 1.39.